The number of likely N-dealkylation sites (N-methyl/N-ethyl adjacent to an activating group) is 2. The lowest BCUT2D eigenvalue weighted by Gasteiger charge is -2.24. The second kappa shape index (κ2) is 11.1. The van der Waals surface area contributed by atoms with Crippen molar-refractivity contribution in [1.82, 2.24) is 19.9 Å². The Morgan fingerprint density at radius 3 is 2.42 bits per heavy atom. The molecule has 0 amide bonds. The first-order chi connectivity index (χ1) is 18.1. The van der Waals surface area contributed by atoms with Gasteiger partial charge in [-0.15, -0.1) is 0 Å². The number of methoxy groups -OCH3 is 1. The number of nitrogens with zero attached hydrogens (tertiary/aromatic N) is 5. The van der Waals surface area contributed by atoms with Crippen molar-refractivity contribution in [3.63, 3.8) is 0 Å². The number of aromatic nitrogens is 3. The third-order valence-electron chi connectivity index (χ3n) is 5.32. The molecule has 0 bridgehead atoms. The molecule has 12 heteroatoms. The van der Waals surface area contributed by atoms with E-state index in [0.29, 0.717) is 41.6 Å². The third kappa shape index (κ3) is 6.62. The second-order valence-electron chi connectivity index (χ2n) is 8.71. The molecular weight excluding hydrogens is 487 g/mol. The molecule has 0 radical (unpaired) electrons. The van der Waals surface area contributed by atoms with E-state index in [1.807, 2.05) is 4.90 Å². The molecule has 0 aliphatic carbocycles. The fourth-order valence-electron chi connectivity index (χ4n) is 3.42. The van der Waals surface area contributed by atoms with Gasteiger partial charge in [0.2, 0.25) is 11.9 Å². The SMILES string of the molecule is [2H]C([2H])([2H])N(C)CCN(C)c1cc(OC)c(Nc2ncnc(Nc3cc(Cl)c(F)cc3C(C)(C)O)n2)cc1N. The molecule has 10 nitrogen and oxygen atoms in total. The summed E-state index contributed by atoms with van der Waals surface area (Å²) < 4.78 is 42.1. The van der Waals surface area contributed by atoms with E-state index >= 15 is 0 Å². The van der Waals surface area contributed by atoms with Crippen LogP contribution in [0.25, 0.3) is 0 Å². The van der Waals surface area contributed by atoms with Crippen LogP contribution in [0.3, 0.4) is 0 Å². The van der Waals surface area contributed by atoms with Gasteiger partial charge in [-0.25, -0.2) is 14.4 Å². The monoisotopic (exact) mass is 521 g/mol. The van der Waals surface area contributed by atoms with Crippen LogP contribution in [0.2, 0.25) is 5.02 Å². The van der Waals surface area contributed by atoms with Crippen molar-refractivity contribution >= 4 is 46.2 Å². The van der Waals surface area contributed by atoms with Crippen LogP contribution in [0.5, 0.6) is 5.75 Å². The summed E-state index contributed by atoms with van der Waals surface area (Å²) in [5.74, 6) is 0.0474. The molecule has 1 aromatic heterocycles. The zero-order chi connectivity index (χ0) is 29.1. The molecule has 0 unspecified atom stereocenters. The molecule has 0 fully saturated rings. The van der Waals surface area contributed by atoms with Crippen molar-refractivity contribution < 1.29 is 18.3 Å². The zero-order valence-electron chi connectivity index (χ0n) is 23.7. The molecule has 36 heavy (non-hydrogen) atoms. The first-order valence-corrected chi connectivity index (χ1v) is 11.3. The van der Waals surface area contributed by atoms with Crippen molar-refractivity contribution in [3.05, 3.63) is 47.0 Å². The predicted molar refractivity (Wildman–Crippen MR) is 142 cm³/mol. The first kappa shape index (κ1) is 23.0. The lowest BCUT2D eigenvalue weighted by molar-refractivity contribution is 0.0790. The quantitative estimate of drug-likeness (QED) is 0.291. The summed E-state index contributed by atoms with van der Waals surface area (Å²) in [6.45, 7) is 1.56. The van der Waals surface area contributed by atoms with Gasteiger partial charge in [-0.05, 0) is 46.1 Å². The summed E-state index contributed by atoms with van der Waals surface area (Å²) >= 11 is 5.96. The Morgan fingerprint density at radius 1 is 1.14 bits per heavy atom. The van der Waals surface area contributed by atoms with E-state index in [2.05, 4.69) is 25.6 Å². The van der Waals surface area contributed by atoms with Crippen LogP contribution in [0.1, 0.15) is 23.5 Å². The number of ether oxygens (including phenoxy) is 1. The maximum Gasteiger partial charge on any atom is 0.232 e. The Kier molecular flexibility index (Phi) is 7.10. The summed E-state index contributed by atoms with van der Waals surface area (Å²) in [7, 11) is 4.84. The second-order valence-corrected chi connectivity index (χ2v) is 9.12. The highest BCUT2D eigenvalue weighted by molar-refractivity contribution is 6.31. The summed E-state index contributed by atoms with van der Waals surface area (Å²) in [5.41, 5.74) is 7.08. The fraction of sp³-hybridized carbons (Fsp3) is 0.375. The Bertz CT molecular complexity index is 1320. The highest BCUT2D eigenvalue weighted by Gasteiger charge is 2.23. The van der Waals surface area contributed by atoms with Crippen LogP contribution in [0, 0.1) is 5.82 Å². The Hall–Kier alpha value is -3.41. The molecule has 0 aliphatic rings. The summed E-state index contributed by atoms with van der Waals surface area (Å²) in [5, 5.41) is 16.4. The highest BCUT2D eigenvalue weighted by Crippen LogP contribution is 2.37. The maximum atomic E-state index is 14.1. The van der Waals surface area contributed by atoms with Crippen molar-refractivity contribution in [3.8, 4) is 5.75 Å². The van der Waals surface area contributed by atoms with Crippen LogP contribution in [0.4, 0.5) is 39.0 Å². The highest BCUT2D eigenvalue weighted by atomic mass is 35.5. The summed E-state index contributed by atoms with van der Waals surface area (Å²) in [4.78, 5) is 15.7. The lowest BCUT2D eigenvalue weighted by Crippen LogP contribution is -2.29. The molecule has 0 aliphatic heterocycles. The first-order valence-electron chi connectivity index (χ1n) is 12.4. The zero-order valence-corrected chi connectivity index (χ0v) is 21.5. The Morgan fingerprint density at radius 2 is 1.81 bits per heavy atom. The minimum atomic E-state index is -2.19. The van der Waals surface area contributed by atoms with Crippen LogP contribution < -0.4 is 26.0 Å². The van der Waals surface area contributed by atoms with Gasteiger partial charge in [0.05, 0.1) is 34.8 Å². The van der Waals surface area contributed by atoms with E-state index in [4.69, 9.17) is 26.2 Å². The van der Waals surface area contributed by atoms with Gasteiger partial charge < -0.3 is 36.0 Å². The van der Waals surface area contributed by atoms with Gasteiger partial charge in [0.1, 0.15) is 17.9 Å². The maximum absolute atomic E-state index is 14.1. The van der Waals surface area contributed by atoms with Crippen molar-refractivity contribution in [2.45, 2.75) is 19.4 Å². The molecule has 0 spiro atoms. The minimum absolute atomic E-state index is 0.113. The van der Waals surface area contributed by atoms with Crippen LogP contribution in [-0.2, 0) is 5.60 Å². The Labute approximate surface area is 219 Å². The number of nitrogens with one attached hydrogen (secondary N) is 2. The van der Waals surface area contributed by atoms with Gasteiger partial charge in [-0.2, -0.15) is 4.98 Å². The van der Waals surface area contributed by atoms with Gasteiger partial charge in [-0.3, -0.25) is 0 Å². The number of hydrogen-bond acceptors (Lipinski definition) is 10. The van der Waals surface area contributed by atoms with Crippen molar-refractivity contribution in [2.75, 3.05) is 62.5 Å². The molecule has 3 aromatic rings. The van der Waals surface area contributed by atoms with E-state index < -0.39 is 18.4 Å². The molecule has 0 saturated carbocycles. The van der Waals surface area contributed by atoms with Gasteiger partial charge >= 0.3 is 0 Å². The standard InChI is InChI=1S/C24H32ClFN8O2/c1-24(2,35)14-9-16(26)15(25)10-18(14)30-22-28-13-29-23(32-22)31-19-11-17(27)20(12-21(19)36-6)34(5)8-7-33(3)4/h9-13,35H,7-8,27H2,1-6H3,(H2,28,29,30,31,32)/i3D3. The minimum Gasteiger partial charge on any atom is -0.494 e. The number of halogens is 2. The number of hydrogen-bond donors (Lipinski definition) is 4. The Balaban J connectivity index is 1.83. The van der Waals surface area contributed by atoms with Crippen LogP contribution in [-0.4, -0.2) is 66.2 Å². The molecule has 2 aromatic carbocycles. The topological polar surface area (TPSA) is 125 Å². The predicted octanol–water partition coefficient (Wildman–Crippen LogP) is 3.97. The average molecular weight is 522 g/mol. The van der Waals surface area contributed by atoms with Crippen LogP contribution in [0.15, 0.2) is 30.6 Å². The van der Waals surface area contributed by atoms with E-state index in [9.17, 15) is 9.50 Å². The third-order valence-corrected chi connectivity index (χ3v) is 5.60. The van der Waals surface area contributed by atoms with Crippen LogP contribution >= 0.6 is 11.6 Å². The number of nitrogens with two attached hydrogens (primary N) is 1. The molecular formula is C24H32ClFN8O2. The fourth-order valence-corrected chi connectivity index (χ4v) is 3.58. The molecule has 194 valence electrons. The van der Waals surface area contributed by atoms with Gasteiger partial charge in [0.25, 0.3) is 0 Å². The normalized spacial score (nSPS) is 13.1. The molecule has 0 atom stereocenters. The average Bonchev–Trinajstić information content (AvgIpc) is 2.83. The number of anilines is 6. The van der Waals surface area contributed by atoms with Gasteiger partial charge in [0.15, 0.2) is 0 Å². The summed E-state index contributed by atoms with van der Waals surface area (Å²) in [6.07, 6.45) is 1.27. The molecule has 1 heterocycles. The van der Waals surface area contributed by atoms with E-state index in [-0.39, 0.29) is 22.5 Å². The van der Waals surface area contributed by atoms with Gasteiger partial charge in [0, 0.05) is 41.6 Å². The number of benzene rings is 2. The van der Waals surface area contributed by atoms with Crippen molar-refractivity contribution in [2.24, 2.45) is 0 Å². The number of rotatable bonds is 10. The van der Waals surface area contributed by atoms with Gasteiger partial charge in [-0.1, -0.05) is 11.6 Å². The molecule has 5 N–H and O–H groups in total. The number of nitrogen functional groups attached to an aromatic ring is 1. The van der Waals surface area contributed by atoms with E-state index in [1.165, 1.54) is 45.3 Å². The smallest absolute Gasteiger partial charge is 0.232 e. The van der Waals surface area contributed by atoms with Crippen molar-refractivity contribution in [1.29, 1.82) is 0 Å². The summed E-state index contributed by atoms with van der Waals surface area (Å²) in [6, 6.07) is 5.87. The molecule has 0 saturated heterocycles. The molecule has 3 rings (SSSR count). The van der Waals surface area contributed by atoms with E-state index in [0.717, 1.165) is 6.07 Å². The number of aliphatic hydroxyl groups is 1. The van der Waals surface area contributed by atoms with E-state index in [1.54, 1.807) is 19.2 Å². The largest absolute Gasteiger partial charge is 0.494 e. The lowest BCUT2D eigenvalue weighted by atomic mass is 9.96.